The van der Waals surface area contributed by atoms with E-state index in [1.807, 2.05) is 25.1 Å². The van der Waals surface area contributed by atoms with Gasteiger partial charge < -0.3 is 20.1 Å². The van der Waals surface area contributed by atoms with Crippen molar-refractivity contribution in [2.75, 3.05) is 31.4 Å². The second-order valence-corrected chi connectivity index (χ2v) is 6.14. The van der Waals surface area contributed by atoms with E-state index in [-0.39, 0.29) is 12.3 Å². The van der Waals surface area contributed by atoms with Crippen molar-refractivity contribution in [1.82, 2.24) is 0 Å². The van der Waals surface area contributed by atoms with Crippen LogP contribution in [0.4, 0.5) is 11.4 Å². The molecule has 2 rings (SSSR count). The van der Waals surface area contributed by atoms with E-state index >= 15 is 0 Å². The van der Waals surface area contributed by atoms with Gasteiger partial charge in [-0.2, -0.15) is 0 Å². The van der Waals surface area contributed by atoms with Crippen LogP contribution in [0.15, 0.2) is 30.3 Å². The molecule has 2 aromatic rings. The van der Waals surface area contributed by atoms with E-state index in [4.69, 9.17) is 32.7 Å². The van der Waals surface area contributed by atoms with E-state index in [0.717, 1.165) is 11.3 Å². The number of methoxy groups -OCH3 is 2. The summed E-state index contributed by atoms with van der Waals surface area (Å²) in [6.07, 6.45) is 0.278. The van der Waals surface area contributed by atoms with Crippen LogP contribution in [0.2, 0.25) is 10.0 Å². The topological polar surface area (TPSA) is 59.6 Å². The summed E-state index contributed by atoms with van der Waals surface area (Å²) in [5, 5.41) is 7.12. The van der Waals surface area contributed by atoms with Crippen molar-refractivity contribution in [3.05, 3.63) is 45.9 Å². The molecule has 134 valence electrons. The zero-order valence-corrected chi connectivity index (χ0v) is 15.8. The first-order valence-corrected chi connectivity index (χ1v) is 8.42. The number of carbonyl (C=O) groups is 1. The molecular formula is C18H20Cl2N2O3. The molecule has 0 aliphatic heterocycles. The summed E-state index contributed by atoms with van der Waals surface area (Å²) in [6, 6.07) is 8.85. The van der Waals surface area contributed by atoms with Crippen LogP contribution in [0.25, 0.3) is 0 Å². The first kappa shape index (κ1) is 19.2. The largest absolute Gasteiger partial charge is 0.495 e. The fourth-order valence-electron chi connectivity index (χ4n) is 2.28. The molecule has 0 radical (unpaired) electrons. The van der Waals surface area contributed by atoms with Gasteiger partial charge in [-0.3, -0.25) is 4.79 Å². The number of hydrogen-bond acceptors (Lipinski definition) is 4. The molecule has 0 aromatic heterocycles. The molecule has 1 amide bonds. The summed E-state index contributed by atoms with van der Waals surface area (Å²) in [6.45, 7) is 2.40. The average Bonchev–Trinajstić information content (AvgIpc) is 2.59. The monoisotopic (exact) mass is 382 g/mol. The molecular weight excluding hydrogens is 363 g/mol. The van der Waals surface area contributed by atoms with E-state index in [1.54, 1.807) is 12.1 Å². The van der Waals surface area contributed by atoms with Crippen molar-refractivity contribution >= 4 is 40.5 Å². The second-order valence-electron chi connectivity index (χ2n) is 5.32. The van der Waals surface area contributed by atoms with Crippen LogP contribution in [-0.4, -0.2) is 26.7 Å². The molecule has 0 heterocycles. The van der Waals surface area contributed by atoms with E-state index < -0.39 is 0 Å². The number of ether oxygens (including phenoxy) is 2. The third kappa shape index (κ3) is 4.94. The highest BCUT2D eigenvalue weighted by molar-refractivity contribution is 6.32. The molecule has 0 saturated heterocycles. The van der Waals surface area contributed by atoms with Gasteiger partial charge in [0.1, 0.15) is 11.5 Å². The molecule has 25 heavy (non-hydrogen) atoms. The van der Waals surface area contributed by atoms with E-state index in [0.29, 0.717) is 33.8 Å². The highest BCUT2D eigenvalue weighted by atomic mass is 35.5. The molecule has 2 aromatic carbocycles. The Morgan fingerprint density at radius 1 is 1.04 bits per heavy atom. The summed E-state index contributed by atoms with van der Waals surface area (Å²) in [5.74, 6) is 0.776. The Morgan fingerprint density at radius 2 is 1.76 bits per heavy atom. The maximum absolute atomic E-state index is 12.2. The molecule has 0 bridgehead atoms. The molecule has 0 fully saturated rings. The number of carbonyl (C=O) groups excluding carboxylic acids is 1. The Kier molecular flexibility index (Phi) is 6.79. The van der Waals surface area contributed by atoms with Crippen LogP contribution in [0, 0.1) is 6.92 Å². The van der Waals surface area contributed by atoms with Crippen molar-refractivity contribution in [3.8, 4) is 11.5 Å². The molecule has 0 aliphatic rings. The zero-order chi connectivity index (χ0) is 18.4. The molecule has 0 spiro atoms. The van der Waals surface area contributed by atoms with Crippen LogP contribution in [0.5, 0.6) is 11.5 Å². The number of benzene rings is 2. The molecule has 0 unspecified atom stereocenters. The molecule has 0 atom stereocenters. The quantitative estimate of drug-likeness (QED) is 0.724. The number of rotatable bonds is 7. The predicted molar refractivity (Wildman–Crippen MR) is 102 cm³/mol. The van der Waals surface area contributed by atoms with Gasteiger partial charge in [-0.05, 0) is 24.6 Å². The van der Waals surface area contributed by atoms with Crippen molar-refractivity contribution in [2.24, 2.45) is 0 Å². The highest BCUT2D eigenvalue weighted by Gasteiger charge is 2.12. The third-order valence-corrected chi connectivity index (χ3v) is 4.39. The van der Waals surface area contributed by atoms with Gasteiger partial charge in [0.05, 0.1) is 24.9 Å². The van der Waals surface area contributed by atoms with Gasteiger partial charge in [-0.25, -0.2) is 0 Å². The molecule has 5 nitrogen and oxygen atoms in total. The first-order valence-electron chi connectivity index (χ1n) is 7.66. The van der Waals surface area contributed by atoms with Gasteiger partial charge in [0.25, 0.3) is 0 Å². The summed E-state index contributed by atoms with van der Waals surface area (Å²) >= 11 is 12.1. The lowest BCUT2D eigenvalue weighted by atomic mass is 10.2. The Balaban J connectivity index is 1.97. The maximum Gasteiger partial charge on any atom is 0.226 e. The minimum atomic E-state index is -0.158. The fourth-order valence-corrected chi connectivity index (χ4v) is 2.69. The maximum atomic E-state index is 12.2. The Labute approximate surface area is 157 Å². The minimum Gasteiger partial charge on any atom is -0.495 e. The van der Waals surface area contributed by atoms with E-state index in [2.05, 4.69) is 10.6 Å². The Bertz CT molecular complexity index is 766. The molecule has 0 saturated carbocycles. The van der Waals surface area contributed by atoms with Crippen LogP contribution >= 0.6 is 23.2 Å². The predicted octanol–water partition coefficient (Wildman–Crippen LogP) is 4.76. The Morgan fingerprint density at radius 3 is 2.44 bits per heavy atom. The van der Waals surface area contributed by atoms with Gasteiger partial charge in [0, 0.05) is 35.8 Å². The normalized spacial score (nSPS) is 10.3. The standard InChI is InChI=1S/C18H20Cl2N2O3/c1-11-12(19)5-4-6-14(11)21-8-7-18(23)22-15-10-16(24-2)13(20)9-17(15)25-3/h4-6,9-10,21H,7-8H2,1-3H3,(H,22,23). The lowest BCUT2D eigenvalue weighted by Crippen LogP contribution is -2.17. The third-order valence-electron chi connectivity index (χ3n) is 3.68. The zero-order valence-electron chi connectivity index (χ0n) is 14.3. The van der Waals surface area contributed by atoms with Crippen LogP contribution in [0.3, 0.4) is 0 Å². The van der Waals surface area contributed by atoms with Gasteiger partial charge >= 0.3 is 0 Å². The number of anilines is 2. The average molecular weight is 383 g/mol. The van der Waals surface area contributed by atoms with E-state index in [1.165, 1.54) is 14.2 Å². The fraction of sp³-hybridized carbons (Fsp3) is 0.278. The lowest BCUT2D eigenvalue weighted by Gasteiger charge is -2.14. The van der Waals surface area contributed by atoms with E-state index in [9.17, 15) is 4.79 Å². The van der Waals surface area contributed by atoms with Gasteiger partial charge in [0.2, 0.25) is 5.91 Å². The number of halogens is 2. The lowest BCUT2D eigenvalue weighted by molar-refractivity contribution is -0.116. The SMILES string of the molecule is COc1cc(NC(=O)CCNc2cccc(Cl)c2C)c(OC)cc1Cl. The van der Waals surface area contributed by atoms with Crippen LogP contribution in [-0.2, 0) is 4.79 Å². The molecule has 2 N–H and O–H groups in total. The summed E-state index contributed by atoms with van der Waals surface area (Å²) in [7, 11) is 3.02. The first-order chi connectivity index (χ1) is 12.0. The Hall–Kier alpha value is -2.11. The summed E-state index contributed by atoms with van der Waals surface area (Å²) in [4.78, 5) is 12.2. The smallest absolute Gasteiger partial charge is 0.226 e. The van der Waals surface area contributed by atoms with Crippen molar-refractivity contribution < 1.29 is 14.3 Å². The van der Waals surface area contributed by atoms with Crippen molar-refractivity contribution in [3.63, 3.8) is 0 Å². The number of amides is 1. The van der Waals surface area contributed by atoms with Crippen molar-refractivity contribution in [2.45, 2.75) is 13.3 Å². The van der Waals surface area contributed by atoms with Crippen LogP contribution in [0.1, 0.15) is 12.0 Å². The van der Waals surface area contributed by atoms with Gasteiger partial charge in [-0.15, -0.1) is 0 Å². The number of nitrogens with one attached hydrogen (secondary N) is 2. The summed E-state index contributed by atoms with van der Waals surface area (Å²) in [5.41, 5.74) is 2.37. The molecule has 0 aliphatic carbocycles. The van der Waals surface area contributed by atoms with Gasteiger partial charge in [-0.1, -0.05) is 29.3 Å². The van der Waals surface area contributed by atoms with Crippen LogP contribution < -0.4 is 20.1 Å². The highest BCUT2D eigenvalue weighted by Crippen LogP contribution is 2.35. The van der Waals surface area contributed by atoms with Gasteiger partial charge in [0.15, 0.2) is 0 Å². The molecule has 7 heteroatoms. The minimum absolute atomic E-state index is 0.158. The number of hydrogen-bond donors (Lipinski definition) is 2. The second kappa shape index (κ2) is 8.83. The summed E-state index contributed by atoms with van der Waals surface area (Å²) < 4.78 is 10.4. The van der Waals surface area contributed by atoms with Crippen molar-refractivity contribution in [1.29, 1.82) is 0 Å².